The predicted octanol–water partition coefficient (Wildman–Crippen LogP) is 2.00. The molecular formula is C10H20O3. The summed E-state index contributed by atoms with van der Waals surface area (Å²) in [5.41, 5.74) is 0. The van der Waals surface area contributed by atoms with Crippen LogP contribution in [0.4, 0.5) is 0 Å². The van der Waals surface area contributed by atoms with Gasteiger partial charge in [-0.05, 0) is 19.8 Å². The Bertz CT molecular complexity index is 143. The van der Waals surface area contributed by atoms with Crippen LogP contribution >= 0.6 is 0 Å². The van der Waals surface area contributed by atoms with Gasteiger partial charge in [-0.15, -0.1) is 0 Å². The van der Waals surface area contributed by atoms with Gasteiger partial charge in [-0.25, -0.2) is 0 Å². The van der Waals surface area contributed by atoms with Crippen LogP contribution in [0.5, 0.6) is 0 Å². The predicted molar refractivity (Wildman–Crippen MR) is 51.5 cm³/mol. The fourth-order valence-electron chi connectivity index (χ4n) is 0.935. The summed E-state index contributed by atoms with van der Waals surface area (Å²) in [5, 5.41) is 0. The number of esters is 1. The van der Waals surface area contributed by atoms with Crippen molar-refractivity contribution in [3.8, 4) is 0 Å². The summed E-state index contributed by atoms with van der Waals surface area (Å²) in [5.74, 6) is 0.219. The Hall–Kier alpha value is -0.570. The molecule has 0 saturated heterocycles. The highest BCUT2D eigenvalue weighted by molar-refractivity contribution is 5.69. The quantitative estimate of drug-likeness (QED) is 0.598. The van der Waals surface area contributed by atoms with E-state index in [9.17, 15) is 4.79 Å². The molecule has 0 aromatic carbocycles. The van der Waals surface area contributed by atoms with Crippen molar-refractivity contribution in [2.24, 2.45) is 5.92 Å². The van der Waals surface area contributed by atoms with Gasteiger partial charge in [0.25, 0.3) is 0 Å². The molecule has 1 unspecified atom stereocenters. The Morgan fingerprint density at radius 1 is 1.31 bits per heavy atom. The average Bonchev–Trinajstić information content (AvgIpc) is 2.00. The van der Waals surface area contributed by atoms with Gasteiger partial charge in [0.15, 0.2) is 0 Å². The summed E-state index contributed by atoms with van der Waals surface area (Å²) in [6, 6.07) is 0. The molecule has 0 aliphatic rings. The van der Waals surface area contributed by atoms with E-state index in [0.29, 0.717) is 25.6 Å². The smallest absolute Gasteiger partial charge is 0.306 e. The molecule has 0 aliphatic heterocycles. The number of hydrogen-bond acceptors (Lipinski definition) is 3. The van der Waals surface area contributed by atoms with Crippen LogP contribution in [0.25, 0.3) is 0 Å². The van der Waals surface area contributed by atoms with Crippen molar-refractivity contribution in [3.05, 3.63) is 0 Å². The number of ether oxygens (including phenoxy) is 2. The maximum absolute atomic E-state index is 11.1. The Morgan fingerprint density at radius 2 is 1.92 bits per heavy atom. The molecule has 0 aromatic rings. The summed E-state index contributed by atoms with van der Waals surface area (Å²) in [7, 11) is 0. The van der Waals surface area contributed by atoms with E-state index in [4.69, 9.17) is 9.47 Å². The van der Waals surface area contributed by atoms with Crippen molar-refractivity contribution in [1.29, 1.82) is 0 Å². The van der Waals surface area contributed by atoms with Crippen LogP contribution in [0.1, 0.15) is 34.1 Å². The number of rotatable bonds is 6. The van der Waals surface area contributed by atoms with Gasteiger partial charge >= 0.3 is 5.97 Å². The summed E-state index contributed by atoms with van der Waals surface area (Å²) in [6.07, 6.45) is 0.486. The third-order valence-electron chi connectivity index (χ3n) is 1.51. The molecule has 0 bridgehead atoms. The third-order valence-corrected chi connectivity index (χ3v) is 1.51. The molecule has 13 heavy (non-hydrogen) atoms. The topological polar surface area (TPSA) is 35.5 Å². The first-order valence-corrected chi connectivity index (χ1v) is 4.83. The molecule has 1 atom stereocenters. The minimum atomic E-state index is -0.137. The van der Waals surface area contributed by atoms with Crippen LogP contribution in [0.2, 0.25) is 0 Å². The van der Waals surface area contributed by atoms with Crippen molar-refractivity contribution in [2.45, 2.75) is 40.2 Å². The standard InChI is InChI=1S/C10H20O3/c1-5-12-9(4)7-13-10(11)6-8(2)3/h8-9H,5-7H2,1-4H3. The minimum absolute atomic E-state index is 0.00103. The van der Waals surface area contributed by atoms with E-state index in [1.165, 1.54) is 0 Å². The summed E-state index contributed by atoms with van der Waals surface area (Å²) < 4.78 is 10.2. The second-order valence-electron chi connectivity index (χ2n) is 3.55. The molecule has 0 radical (unpaired) electrons. The van der Waals surface area contributed by atoms with Crippen molar-refractivity contribution in [3.63, 3.8) is 0 Å². The van der Waals surface area contributed by atoms with Gasteiger partial charge in [0.1, 0.15) is 6.61 Å². The van der Waals surface area contributed by atoms with Crippen LogP contribution in [-0.2, 0) is 14.3 Å². The lowest BCUT2D eigenvalue weighted by Gasteiger charge is -2.12. The van der Waals surface area contributed by atoms with Crippen LogP contribution < -0.4 is 0 Å². The van der Waals surface area contributed by atoms with Gasteiger partial charge in [0.05, 0.1) is 6.10 Å². The molecule has 78 valence electrons. The Kier molecular flexibility index (Phi) is 6.59. The fourth-order valence-corrected chi connectivity index (χ4v) is 0.935. The molecule has 0 saturated carbocycles. The normalized spacial score (nSPS) is 13.0. The van der Waals surface area contributed by atoms with Crippen molar-refractivity contribution in [1.82, 2.24) is 0 Å². The van der Waals surface area contributed by atoms with E-state index in [2.05, 4.69) is 0 Å². The zero-order valence-corrected chi connectivity index (χ0v) is 9.00. The largest absolute Gasteiger partial charge is 0.463 e. The minimum Gasteiger partial charge on any atom is -0.463 e. The maximum atomic E-state index is 11.1. The molecule has 0 N–H and O–H groups in total. The van der Waals surface area contributed by atoms with Crippen molar-refractivity contribution in [2.75, 3.05) is 13.2 Å². The van der Waals surface area contributed by atoms with Crippen LogP contribution in [0.3, 0.4) is 0 Å². The highest BCUT2D eigenvalue weighted by atomic mass is 16.6. The molecule has 0 aliphatic carbocycles. The van der Waals surface area contributed by atoms with Gasteiger partial charge < -0.3 is 9.47 Å². The SMILES string of the molecule is CCOC(C)COC(=O)CC(C)C. The molecule has 0 spiro atoms. The van der Waals surface area contributed by atoms with E-state index in [1.807, 2.05) is 27.7 Å². The van der Waals surface area contributed by atoms with Gasteiger partial charge in [-0.1, -0.05) is 13.8 Å². The first kappa shape index (κ1) is 12.4. The van der Waals surface area contributed by atoms with Crippen LogP contribution in [0.15, 0.2) is 0 Å². The second-order valence-corrected chi connectivity index (χ2v) is 3.55. The molecule has 3 heteroatoms. The molecule has 0 fully saturated rings. The van der Waals surface area contributed by atoms with E-state index >= 15 is 0 Å². The highest BCUT2D eigenvalue weighted by Gasteiger charge is 2.08. The molecule has 0 aromatic heterocycles. The highest BCUT2D eigenvalue weighted by Crippen LogP contribution is 2.02. The number of carbonyl (C=O) groups is 1. The van der Waals surface area contributed by atoms with E-state index in [1.54, 1.807) is 0 Å². The van der Waals surface area contributed by atoms with Gasteiger partial charge in [-0.3, -0.25) is 4.79 Å². The third kappa shape index (κ3) is 7.78. The maximum Gasteiger partial charge on any atom is 0.306 e. The van der Waals surface area contributed by atoms with Gasteiger partial charge in [0, 0.05) is 13.0 Å². The first-order chi connectivity index (χ1) is 6.06. The zero-order valence-electron chi connectivity index (χ0n) is 9.00. The van der Waals surface area contributed by atoms with Crippen molar-refractivity contribution >= 4 is 5.97 Å². The van der Waals surface area contributed by atoms with Crippen molar-refractivity contribution < 1.29 is 14.3 Å². The summed E-state index contributed by atoms with van der Waals surface area (Å²) >= 11 is 0. The Balaban J connectivity index is 3.46. The number of hydrogen-bond donors (Lipinski definition) is 0. The van der Waals surface area contributed by atoms with E-state index in [0.717, 1.165) is 0 Å². The lowest BCUT2D eigenvalue weighted by Crippen LogP contribution is -2.19. The summed E-state index contributed by atoms with van der Waals surface area (Å²) in [6.45, 7) is 8.82. The van der Waals surface area contributed by atoms with Crippen LogP contribution in [-0.4, -0.2) is 25.3 Å². The fraction of sp³-hybridized carbons (Fsp3) is 0.900. The molecular weight excluding hydrogens is 168 g/mol. The molecule has 0 heterocycles. The second kappa shape index (κ2) is 6.89. The van der Waals surface area contributed by atoms with E-state index < -0.39 is 0 Å². The van der Waals surface area contributed by atoms with E-state index in [-0.39, 0.29) is 12.1 Å². The lowest BCUT2D eigenvalue weighted by atomic mass is 10.1. The molecule has 0 rings (SSSR count). The summed E-state index contributed by atoms with van der Waals surface area (Å²) in [4.78, 5) is 11.1. The molecule has 3 nitrogen and oxygen atoms in total. The monoisotopic (exact) mass is 188 g/mol. The zero-order chi connectivity index (χ0) is 10.3. The Morgan fingerprint density at radius 3 is 2.38 bits per heavy atom. The van der Waals surface area contributed by atoms with Gasteiger partial charge in [0.2, 0.25) is 0 Å². The number of carbonyl (C=O) groups excluding carboxylic acids is 1. The average molecular weight is 188 g/mol. The lowest BCUT2D eigenvalue weighted by molar-refractivity contribution is -0.148. The Labute approximate surface area is 80.4 Å². The molecule has 0 amide bonds. The first-order valence-electron chi connectivity index (χ1n) is 4.83. The van der Waals surface area contributed by atoms with Crippen LogP contribution in [0, 0.1) is 5.92 Å². The van der Waals surface area contributed by atoms with Gasteiger partial charge in [-0.2, -0.15) is 0 Å².